The van der Waals surface area contributed by atoms with Crippen molar-refractivity contribution >= 4 is 228 Å². The number of nitrogens with zero attached hydrogens (tertiary/aromatic N) is 4. The van der Waals surface area contributed by atoms with Gasteiger partial charge in [-0.1, -0.05) is 305 Å². The molecule has 2 aliphatic rings. The van der Waals surface area contributed by atoms with Crippen LogP contribution in [0, 0.1) is 0 Å². The fourth-order valence-corrected chi connectivity index (χ4v) is 25.2. The number of hydrogen-bond acceptors (Lipinski definition) is 4. The number of benzene rings is 21. The lowest BCUT2D eigenvalue weighted by atomic mass is 9.33. The number of aromatic nitrogens is 2. The summed E-state index contributed by atoms with van der Waals surface area (Å²) < 4.78 is 10.4. The molecule has 7 heteroatoms. The van der Waals surface area contributed by atoms with Gasteiger partial charge < -0.3 is 18.9 Å². The standard InChI is InChI=1S/C118H83BN4S2/c1-116(2,3)72-58-87(66-26-12-10-13-27-66)112(89(60-72)85-42-24-40-83-77-34-16-18-44-101(77)124-114(83)85)122-97-64-75(120-93-54-46-68-30-20-36-79-80-37-21-31-69-47-55-94(120)108(104(69)80)107(93)103(68)79)50-52-91(97)119-92-53-51-76(121-95-56-48-70-32-22-38-81-82-39-23-33-71-49-57-96(121)110(106(71)82)109(95)105(70)81)65-98(92)123(100-63-74(118(7,8)9)62-99(122)111(100)119)113-88(67-28-14-11-15-29-67)59-73(117(4,5)6)61-90(113)86-43-25-41-84-78-35-17-19-45-102(78)125-115(84)86/h10-65H,1-9H3. The molecule has 27 rings (SSSR count). The molecule has 0 radical (unpaired) electrons. The molecule has 0 saturated heterocycles. The van der Waals surface area contributed by atoms with Crippen LogP contribution >= 0.6 is 22.7 Å². The van der Waals surface area contributed by atoms with E-state index in [0.29, 0.717) is 0 Å². The number of hydrogen-bond donors (Lipinski definition) is 0. The van der Waals surface area contributed by atoms with Crippen molar-refractivity contribution in [2.45, 2.75) is 78.6 Å². The van der Waals surface area contributed by atoms with E-state index in [-0.39, 0.29) is 17.5 Å². The highest BCUT2D eigenvalue weighted by atomic mass is 32.1. The summed E-state index contributed by atoms with van der Waals surface area (Å²) in [6, 6.07) is 133. The lowest BCUT2D eigenvalue weighted by molar-refractivity contribution is 0.590. The zero-order valence-corrected chi connectivity index (χ0v) is 72.6. The molecule has 125 heavy (non-hydrogen) atoms. The van der Waals surface area contributed by atoms with E-state index in [9.17, 15) is 0 Å². The summed E-state index contributed by atoms with van der Waals surface area (Å²) in [6.45, 7) is 21.4. The molecule has 0 fully saturated rings. The fourth-order valence-electron chi connectivity index (χ4n) is 22.7. The van der Waals surface area contributed by atoms with Gasteiger partial charge in [0.1, 0.15) is 0 Å². The zero-order chi connectivity index (χ0) is 83.3. The molecule has 0 aliphatic carbocycles. The SMILES string of the molecule is CC(C)(C)c1cc(-c2ccccc2)c(N2c3cc(-n4c5ccc6cccc7c8cccc9ccc4c(c98)c5c67)ccc3B3c4ccc(-n5c6ccc7cccc8c9cccc%10ccc5c(c%109)c6c78)cc4N(c4c(-c5ccccc5)cc(C(C)(C)C)cc4-c4cccc5c4sc4ccccc45)c4cc(C(C)(C)C)cc2c43)c(-c2cccc3c2sc2ccccc23)c1. The van der Waals surface area contributed by atoms with E-state index in [2.05, 4.69) is 421 Å². The van der Waals surface area contributed by atoms with Gasteiger partial charge in [-0.2, -0.15) is 0 Å². The molecule has 590 valence electrons. The number of thiophene rings is 2. The minimum atomic E-state index is -0.396. The highest BCUT2D eigenvalue weighted by molar-refractivity contribution is 7.26. The minimum absolute atomic E-state index is 0.259. The summed E-state index contributed by atoms with van der Waals surface area (Å²) in [6.07, 6.45) is 0. The monoisotopic (exact) mass is 1630 g/mol. The highest BCUT2D eigenvalue weighted by Gasteiger charge is 2.47. The maximum absolute atomic E-state index is 2.82. The van der Waals surface area contributed by atoms with Crippen molar-refractivity contribution in [3.05, 3.63) is 356 Å². The first kappa shape index (κ1) is 71.5. The Balaban J connectivity index is 0.835. The van der Waals surface area contributed by atoms with Gasteiger partial charge in [-0.25, -0.2) is 0 Å². The maximum atomic E-state index is 2.82. The number of fused-ring (bicyclic) bond motifs is 12. The van der Waals surface area contributed by atoms with Gasteiger partial charge in [-0.3, -0.25) is 0 Å². The first-order valence-corrected chi connectivity index (χ1v) is 45.8. The molecule has 6 heterocycles. The summed E-state index contributed by atoms with van der Waals surface area (Å²) in [5.74, 6) is 0. The van der Waals surface area contributed by atoms with Crippen molar-refractivity contribution in [1.82, 2.24) is 9.13 Å². The van der Waals surface area contributed by atoms with Gasteiger partial charge in [0.15, 0.2) is 0 Å². The first-order chi connectivity index (χ1) is 60.9. The van der Waals surface area contributed by atoms with Gasteiger partial charge in [-0.15, -0.1) is 22.7 Å². The van der Waals surface area contributed by atoms with Crippen LogP contribution < -0.4 is 26.2 Å². The van der Waals surface area contributed by atoms with Gasteiger partial charge in [-0.05, 0) is 222 Å². The van der Waals surface area contributed by atoms with E-state index in [4.69, 9.17) is 0 Å². The van der Waals surface area contributed by atoms with Crippen molar-refractivity contribution in [2.75, 3.05) is 9.80 Å². The van der Waals surface area contributed by atoms with E-state index < -0.39 is 5.41 Å². The van der Waals surface area contributed by atoms with Gasteiger partial charge in [0.05, 0.1) is 33.4 Å². The second kappa shape index (κ2) is 25.3. The van der Waals surface area contributed by atoms with Gasteiger partial charge in [0.25, 0.3) is 6.71 Å². The van der Waals surface area contributed by atoms with Crippen LogP contribution in [-0.2, 0) is 16.2 Å². The third-order valence-corrected chi connectivity index (χ3v) is 31.0. The molecule has 4 nitrogen and oxygen atoms in total. The van der Waals surface area contributed by atoms with Crippen LogP contribution in [-0.4, -0.2) is 15.8 Å². The molecular weight excluding hydrogens is 1550 g/mol. The van der Waals surface area contributed by atoms with Gasteiger partial charge in [0.2, 0.25) is 0 Å². The second-order valence-electron chi connectivity index (χ2n) is 38.5. The fraction of sp³-hybridized carbons (Fsp3) is 0.102. The van der Waals surface area contributed by atoms with Crippen LogP contribution in [0.1, 0.15) is 79.0 Å². The minimum Gasteiger partial charge on any atom is -0.310 e. The van der Waals surface area contributed by atoms with E-state index in [1.165, 1.54) is 215 Å². The van der Waals surface area contributed by atoms with Crippen molar-refractivity contribution in [3.8, 4) is 55.9 Å². The molecule has 0 bridgehead atoms. The van der Waals surface area contributed by atoms with Crippen LogP contribution in [0.15, 0.2) is 340 Å². The Morgan fingerprint density at radius 1 is 0.240 bits per heavy atom. The maximum Gasteiger partial charge on any atom is 0.252 e. The summed E-state index contributed by atoms with van der Waals surface area (Å²) in [5, 5.41) is 25.9. The molecule has 0 spiro atoms. The van der Waals surface area contributed by atoms with E-state index in [0.717, 1.165) is 56.6 Å². The van der Waals surface area contributed by atoms with Crippen molar-refractivity contribution < 1.29 is 0 Å². The molecular formula is C118H83BN4S2. The molecule has 0 atom stereocenters. The molecule has 21 aromatic carbocycles. The van der Waals surface area contributed by atoms with Crippen LogP contribution in [0.3, 0.4) is 0 Å². The smallest absolute Gasteiger partial charge is 0.252 e. The average molecular weight is 1630 g/mol. The van der Waals surface area contributed by atoms with Crippen molar-refractivity contribution in [1.29, 1.82) is 0 Å². The molecule has 25 aromatic rings. The Labute approximate surface area is 732 Å². The normalized spacial score (nSPS) is 13.4. The summed E-state index contributed by atoms with van der Waals surface area (Å²) in [4.78, 5) is 5.64. The molecule has 0 N–H and O–H groups in total. The molecule has 0 unspecified atom stereocenters. The van der Waals surface area contributed by atoms with Crippen molar-refractivity contribution in [2.24, 2.45) is 0 Å². The van der Waals surface area contributed by atoms with Gasteiger partial charge in [0, 0.05) is 129 Å². The largest absolute Gasteiger partial charge is 0.310 e. The highest BCUT2D eigenvalue weighted by Crippen LogP contribution is 2.60. The predicted octanol–water partition coefficient (Wildman–Crippen LogP) is 31.9. The molecule has 2 aliphatic heterocycles. The summed E-state index contributed by atoms with van der Waals surface area (Å²) in [7, 11) is 0. The third kappa shape index (κ3) is 9.88. The van der Waals surface area contributed by atoms with E-state index in [1.807, 2.05) is 22.7 Å². The van der Waals surface area contributed by atoms with Crippen LogP contribution in [0.2, 0.25) is 0 Å². The molecule has 4 aromatic heterocycles. The lowest BCUT2D eigenvalue weighted by Gasteiger charge is -2.47. The Bertz CT molecular complexity index is 8230. The topological polar surface area (TPSA) is 16.3 Å². The van der Waals surface area contributed by atoms with E-state index in [1.54, 1.807) is 0 Å². The van der Waals surface area contributed by atoms with E-state index >= 15 is 0 Å². The molecule has 0 saturated carbocycles. The Morgan fingerprint density at radius 2 is 0.560 bits per heavy atom. The quantitative estimate of drug-likeness (QED) is 0.0856. The number of anilines is 6. The lowest BCUT2D eigenvalue weighted by Crippen LogP contribution is -2.61. The Morgan fingerprint density at radius 3 is 0.928 bits per heavy atom. The second-order valence-corrected chi connectivity index (χ2v) is 40.6. The van der Waals surface area contributed by atoms with Crippen LogP contribution in [0.25, 0.3) is 204 Å². The van der Waals surface area contributed by atoms with Crippen molar-refractivity contribution in [3.63, 3.8) is 0 Å². The zero-order valence-electron chi connectivity index (χ0n) is 71.0. The number of rotatable bonds is 8. The van der Waals surface area contributed by atoms with Crippen LogP contribution in [0.5, 0.6) is 0 Å². The van der Waals surface area contributed by atoms with Crippen LogP contribution in [0.4, 0.5) is 34.1 Å². The summed E-state index contributed by atoms with van der Waals surface area (Å²) in [5.41, 5.74) is 30.0. The Kier molecular flexibility index (Phi) is 14.5. The summed E-state index contributed by atoms with van der Waals surface area (Å²) >= 11 is 3.84. The molecule has 0 amide bonds. The first-order valence-electron chi connectivity index (χ1n) is 44.1. The Hall–Kier alpha value is -14.1. The average Bonchev–Trinajstić information content (AvgIpc) is 1.68. The predicted molar refractivity (Wildman–Crippen MR) is 543 cm³/mol. The van der Waals surface area contributed by atoms with Gasteiger partial charge >= 0.3 is 0 Å². The third-order valence-electron chi connectivity index (χ3n) is 28.5.